The van der Waals surface area contributed by atoms with Crippen molar-refractivity contribution in [3.05, 3.63) is 11.3 Å². The Kier molecular flexibility index (Phi) is 2.21. The molecule has 0 radical (unpaired) electrons. The van der Waals surface area contributed by atoms with Gasteiger partial charge >= 0.3 is 0 Å². The van der Waals surface area contributed by atoms with Crippen LogP contribution >= 0.6 is 0 Å². The molecule has 2 atom stereocenters. The maximum absolute atomic E-state index is 12.1. The van der Waals surface area contributed by atoms with E-state index < -0.39 is 0 Å². The molecule has 2 heterocycles. The number of allylic oxidation sites excluding steroid dienone is 2. The average molecular weight is 206 g/mol. The summed E-state index contributed by atoms with van der Waals surface area (Å²) in [5.41, 5.74) is 1.50. The number of nitrogens with one attached hydrogen (secondary N) is 1. The zero-order chi connectivity index (χ0) is 11.2. The standard InChI is InChI=1S/C11H14N2O2/c1-4-7-6(3)12-10-8(9(7)14)5(2)11(15)13-10/h5,8H,4H2,1-3H3,(H,12,13,15)/t5-,8-/m0/s1. The van der Waals surface area contributed by atoms with Gasteiger partial charge in [0.15, 0.2) is 5.78 Å². The number of hydrogen-bond donors (Lipinski definition) is 1. The molecule has 2 rings (SSSR count). The van der Waals surface area contributed by atoms with E-state index in [1.165, 1.54) is 0 Å². The first kappa shape index (κ1) is 10.1. The zero-order valence-electron chi connectivity index (χ0n) is 9.13. The highest BCUT2D eigenvalue weighted by Crippen LogP contribution is 2.30. The van der Waals surface area contributed by atoms with Gasteiger partial charge < -0.3 is 5.32 Å². The van der Waals surface area contributed by atoms with Crippen molar-refractivity contribution in [3.8, 4) is 0 Å². The van der Waals surface area contributed by atoms with Crippen LogP contribution in [-0.2, 0) is 9.59 Å². The van der Waals surface area contributed by atoms with Crippen LogP contribution in [0.4, 0.5) is 0 Å². The molecule has 80 valence electrons. The van der Waals surface area contributed by atoms with E-state index in [0.29, 0.717) is 12.3 Å². The predicted molar refractivity (Wildman–Crippen MR) is 56.2 cm³/mol. The SMILES string of the molecule is CCC1=C(C)N=C2NC(=O)[C@@H](C)[C@H]2C1=O. The lowest BCUT2D eigenvalue weighted by atomic mass is 9.85. The average Bonchev–Trinajstić information content (AvgIpc) is 2.43. The number of carbonyl (C=O) groups is 2. The third-order valence-electron chi connectivity index (χ3n) is 3.12. The third kappa shape index (κ3) is 1.32. The Morgan fingerprint density at radius 3 is 2.67 bits per heavy atom. The fraction of sp³-hybridized carbons (Fsp3) is 0.545. The van der Waals surface area contributed by atoms with E-state index in [4.69, 9.17) is 0 Å². The minimum absolute atomic E-state index is 0.0610. The van der Waals surface area contributed by atoms with Crippen molar-refractivity contribution in [1.82, 2.24) is 5.32 Å². The molecule has 0 aromatic rings. The molecule has 1 amide bonds. The molecule has 2 aliphatic rings. The number of nitrogens with zero attached hydrogens (tertiary/aromatic N) is 1. The maximum Gasteiger partial charge on any atom is 0.229 e. The molecular formula is C11H14N2O2. The molecule has 0 aromatic carbocycles. The summed E-state index contributed by atoms with van der Waals surface area (Å²) in [4.78, 5) is 27.8. The third-order valence-corrected chi connectivity index (χ3v) is 3.12. The normalized spacial score (nSPS) is 30.2. The molecule has 4 nitrogen and oxygen atoms in total. The van der Waals surface area contributed by atoms with Crippen molar-refractivity contribution in [1.29, 1.82) is 0 Å². The fourth-order valence-electron chi connectivity index (χ4n) is 2.20. The minimum Gasteiger partial charge on any atom is -0.313 e. The van der Waals surface area contributed by atoms with Crippen LogP contribution in [0.2, 0.25) is 0 Å². The first-order chi connectivity index (χ1) is 7.06. The Morgan fingerprint density at radius 1 is 1.40 bits per heavy atom. The first-order valence-electron chi connectivity index (χ1n) is 5.19. The molecule has 0 bridgehead atoms. The highest BCUT2D eigenvalue weighted by molar-refractivity contribution is 6.22. The number of rotatable bonds is 1. The monoisotopic (exact) mass is 206 g/mol. The van der Waals surface area contributed by atoms with E-state index in [0.717, 1.165) is 11.3 Å². The van der Waals surface area contributed by atoms with Gasteiger partial charge in [-0.15, -0.1) is 0 Å². The van der Waals surface area contributed by atoms with Crippen molar-refractivity contribution < 1.29 is 9.59 Å². The number of hydrogen-bond acceptors (Lipinski definition) is 3. The van der Waals surface area contributed by atoms with Crippen LogP contribution in [0.3, 0.4) is 0 Å². The molecule has 1 fully saturated rings. The van der Waals surface area contributed by atoms with Crippen molar-refractivity contribution in [2.24, 2.45) is 16.8 Å². The largest absolute Gasteiger partial charge is 0.313 e. The quantitative estimate of drug-likeness (QED) is 0.696. The summed E-state index contributed by atoms with van der Waals surface area (Å²) >= 11 is 0. The van der Waals surface area contributed by atoms with Crippen LogP contribution in [0, 0.1) is 11.8 Å². The Balaban J connectivity index is 2.46. The number of amides is 1. The zero-order valence-corrected chi connectivity index (χ0v) is 9.13. The number of aliphatic imine (C=N–C) groups is 1. The number of fused-ring (bicyclic) bond motifs is 1. The molecule has 4 heteroatoms. The molecule has 0 spiro atoms. The summed E-state index contributed by atoms with van der Waals surface area (Å²) in [6.07, 6.45) is 0.679. The summed E-state index contributed by atoms with van der Waals surface area (Å²) in [7, 11) is 0. The van der Waals surface area contributed by atoms with Gasteiger partial charge in [-0.2, -0.15) is 0 Å². The highest BCUT2D eigenvalue weighted by atomic mass is 16.2. The van der Waals surface area contributed by atoms with Gasteiger partial charge in [0.25, 0.3) is 0 Å². The summed E-state index contributed by atoms with van der Waals surface area (Å²) in [6.45, 7) is 5.52. The van der Waals surface area contributed by atoms with Gasteiger partial charge in [-0.05, 0) is 13.3 Å². The predicted octanol–water partition coefficient (Wildman–Crippen LogP) is 1.03. The molecule has 1 saturated heterocycles. The van der Waals surface area contributed by atoms with Crippen LogP contribution in [-0.4, -0.2) is 17.5 Å². The van der Waals surface area contributed by atoms with Crippen LogP contribution in [0.1, 0.15) is 27.2 Å². The number of ketones is 1. The van der Waals surface area contributed by atoms with Gasteiger partial charge in [0.1, 0.15) is 5.84 Å². The van der Waals surface area contributed by atoms with Gasteiger partial charge in [0.05, 0.1) is 11.8 Å². The van der Waals surface area contributed by atoms with E-state index >= 15 is 0 Å². The summed E-state index contributed by atoms with van der Waals surface area (Å²) in [5.74, 6) is -0.155. The molecule has 1 N–H and O–H groups in total. The minimum atomic E-state index is -0.365. The lowest BCUT2D eigenvalue weighted by Crippen LogP contribution is -2.32. The topological polar surface area (TPSA) is 58.5 Å². The van der Waals surface area contributed by atoms with Crippen molar-refractivity contribution in [2.75, 3.05) is 0 Å². The molecule has 0 saturated carbocycles. The molecule has 0 unspecified atom stereocenters. The van der Waals surface area contributed by atoms with Gasteiger partial charge in [-0.1, -0.05) is 13.8 Å². The van der Waals surface area contributed by atoms with Gasteiger partial charge in [0.2, 0.25) is 5.91 Å². The molecular weight excluding hydrogens is 192 g/mol. The van der Waals surface area contributed by atoms with E-state index in [2.05, 4.69) is 10.3 Å². The van der Waals surface area contributed by atoms with E-state index in [1.807, 2.05) is 13.8 Å². The smallest absolute Gasteiger partial charge is 0.229 e. The summed E-state index contributed by atoms with van der Waals surface area (Å²) < 4.78 is 0. The highest BCUT2D eigenvalue weighted by Gasteiger charge is 2.44. The summed E-state index contributed by atoms with van der Waals surface area (Å²) in [5, 5.41) is 2.67. The Labute approximate surface area is 88.5 Å². The number of carbonyl (C=O) groups excluding carboxylic acids is 2. The second kappa shape index (κ2) is 3.29. The van der Waals surface area contributed by atoms with E-state index in [9.17, 15) is 9.59 Å². The van der Waals surface area contributed by atoms with E-state index in [1.54, 1.807) is 6.92 Å². The lowest BCUT2D eigenvalue weighted by molar-refractivity contribution is -0.126. The van der Waals surface area contributed by atoms with Gasteiger partial charge in [-0.3, -0.25) is 9.59 Å². The molecule has 15 heavy (non-hydrogen) atoms. The second-order valence-electron chi connectivity index (χ2n) is 4.03. The molecule has 0 aromatic heterocycles. The van der Waals surface area contributed by atoms with Crippen LogP contribution in [0.25, 0.3) is 0 Å². The van der Waals surface area contributed by atoms with Crippen molar-refractivity contribution in [2.45, 2.75) is 27.2 Å². The maximum atomic E-state index is 12.1. The van der Waals surface area contributed by atoms with Crippen LogP contribution in [0.5, 0.6) is 0 Å². The van der Waals surface area contributed by atoms with Gasteiger partial charge in [0, 0.05) is 11.3 Å². The van der Waals surface area contributed by atoms with Crippen molar-refractivity contribution in [3.63, 3.8) is 0 Å². The van der Waals surface area contributed by atoms with Gasteiger partial charge in [-0.25, -0.2) is 4.99 Å². The van der Waals surface area contributed by atoms with Crippen molar-refractivity contribution >= 4 is 17.5 Å². The van der Waals surface area contributed by atoms with E-state index in [-0.39, 0.29) is 23.5 Å². The fourth-order valence-corrected chi connectivity index (χ4v) is 2.20. The molecule has 0 aliphatic carbocycles. The number of amidine groups is 1. The van der Waals surface area contributed by atoms with Crippen LogP contribution < -0.4 is 5.32 Å². The van der Waals surface area contributed by atoms with Crippen LogP contribution in [0.15, 0.2) is 16.3 Å². The summed E-state index contributed by atoms with van der Waals surface area (Å²) in [6, 6.07) is 0. The Morgan fingerprint density at radius 2 is 2.07 bits per heavy atom. The number of Topliss-reactive ketones (excluding diaryl/α,β-unsaturated/α-hetero) is 1. The first-order valence-corrected chi connectivity index (χ1v) is 5.19. The Bertz CT molecular complexity index is 407. The lowest BCUT2D eigenvalue weighted by Gasteiger charge is -2.19. The molecule has 2 aliphatic heterocycles. The second-order valence-corrected chi connectivity index (χ2v) is 4.03. The Hall–Kier alpha value is -1.45.